The van der Waals surface area contributed by atoms with E-state index in [2.05, 4.69) is 26.2 Å². The predicted octanol–water partition coefficient (Wildman–Crippen LogP) is 11.0. The van der Waals surface area contributed by atoms with Gasteiger partial charge in [0.2, 0.25) is 5.79 Å². The number of nitro benzene ring substituents is 1. The van der Waals surface area contributed by atoms with Crippen LogP contribution in [0.5, 0.6) is 11.5 Å². The van der Waals surface area contributed by atoms with Crippen LogP contribution in [-0.4, -0.2) is 83.8 Å². The van der Waals surface area contributed by atoms with Crippen molar-refractivity contribution in [2.45, 2.75) is 140 Å². The summed E-state index contributed by atoms with van der Waals surface area (Å²) < 4.78 is 26.3. The van der Waals surface area contributed by atoms with Crippen LogP contribution in [0.4, 0.5) is 10.5 Å². The molecule has 0 unspecified atom stereocenters. The molecule has 64 heavy (non-hydrogen) atoms. The van der Waals surface area contributed by atoms with Crippen LogP contribution in [0.15, 0.2) is 84.6 Å². The maximum atomic E-state index is 14.2. The molecule has 13 heteroatoms. The van der Waals surface area contributed by atoms with Crippen LogP contribution in [0.25, 0.3) is 0 Å². The molecule has 2 aliphatic carbocycles. The highest BCUT2D eigenvalue weighted by molar-refractivity contribution is 6.02. The van der Waals surface area contributed by atoms with Gasteiger partial charge in [0.15, 0.2) is 0 Å². The molecule has 3 aliphatic rings. The van der Waals surface area contributed by atoms with Crippen molar-refractivity contribution in [3.63, 3.8) is 0 Å². The number of fused-ring (bicyclic) bond motifs is 2. The summed E-state index contributed by atoms with van der Waals surface area (Å²) >= 11 is 0. The summed E-state index contributed by atoms with van der Waals surface area (Å²) in [4.78, 5) is 32.8. The molecule has 0 aromatic heterocycles. The first-order valence-electron chi connectivity index (χ1n) is 23.8. The van der Waals surface area contributed by atoms with Crippen molar-refractivity contribution in [3.8, 4) is 11.5 Å². The van der Waals surface area contributed by atoms with Gasteiger partial charge in [0.25, 0.3) is 5.69 Å². The van der Waals surface area contributed by atoms with Gasteiger partial charge >= 0.3 is 6.09 Å². The standard InChI is InChI=1S/C51H73N3O10/c1-5-8-9-10-11-12-13-14-15-20-33-61-50(57)53(4)47-36-45(52-63-37-38-23-25-40(26-24-38)54(58)59)43-34-39(21-16-18-29-55)42(22-17-19-30-56)48-44-35-41(60-31-6-2)27-28-46(44)64-51(47,49(43)48)62-32-7-3/h6-7,23-28,34-35,39,42,47-49,55-56H,2-3,5,8-22,29-33,36-37H2,1,4H3/t39-,42+,47-,48+,49+,51+/m0/s1. The number of rotatable bonds is 30. The summed E-state index contributed by atoms with van der Waals surface area (Å²) in [5.41, 5.74) is 3.19. The highest BCUT2D eigenvalue weighted by atomic mass is 16.7. The highest BCUT2D eigenvalue weighted by Crippen LogP contribution is 2.61. The van der Waals surface area contributed by atoms with Gasteiger partial charge in [-0.3, -0.25) is 10.1 Å². The molecular formula is C51H73N3O10. The molecule has 2 aromatic carbocycles. The predicted molar refractivity (Wildman–Crippen MR) is 249 cm³/mol. The highest BCUT2D eigenvalue weighted by Gasteiger charge is 2.65. The van der Waals surface area contributed by atoms with Gasteiger partial charge in [0.05, 0.1) is 29.8 Å². The first-order valence-corrected chi connectivity index (χ1v) is 23.8. The van der Waals surface area contributed by atoms with Gasteiger partial charge in [0.1, 0.15) is 30.8 Å². The van der Waals surface area contributed by atoms with E-state index in [9.17, 15) is 25.1 Å². The van der Waals surface area contributed by atoms with E-state index in [1.54, 1.807) is 36.2 Å². The number of allylic oxidation sites excluding steroid dienone is 1. The van der Waals surface area contributed by atoms with Crippen LogP contribution in [0.2, 0.25) is 0 Å². The SMILES string of the molecule is C=CCOc1ccc2c(c1)[C@H]1[C@H](CCCCO)[C@@H](CCCCO)C=C3C(=NOCc4ccc([N+](=O)[O-])cc4)C[C@H](N(C)C(=O)OCCCCCCCCCCCC)[C@@](OCC=C)(O2)[C@H]31. The molecule has 1 saturated carbocycles. The van der Waals surface area contributed by atoms with Crippen molar-refractivity contribution < 1.29 is 43.7 Å². The number of hydrogen-bond acceptors (Lipinski definition) is 11. The van der Waals surface area contributed by atoms with E-state index < -0.39 is 28.8 Å². The van der Waals surface area contributed by atoms with Gasteiger partial charge in [-0.05, 0) is 85.4 Å². The van der Waals surface area contributed by atoms with E-state index in [0.29, 0.717) is 48.8 Å². The second kappa shape index (κ2) is 26.3. The molecule has 0 radical (unpaired) electrons. The number of nitrogens with zero attached hydrogens (tertiary/aromatic N) is 3. The third kappa shape index (κ3) is 13.2. The van der Waals surface area contributed by atoms with Crippen LogP contribution >= 0.6 is 0 Å². The zero-order valence-corrected chi connectivity index (χ0v) is 38.3. The summed E-state index contributed by atoms with van der Waals surface area (Å²) in [6.07, 6.45) is 21.6. The Balaban J connectivity index is 1.54. The number of amides is 1. The molecule has 352 valence electrons. The van der Waals surface area contributed by atoms with Crippen molar-refractivity contribution in [3.05, 3.63) is 101 Å². The van der Waals surface area contributed by atoms with Gasteiger partial charge in [-0.15, -0.1) is 6.58 Å². The number of likely N-dealkylation sites (N-methyl/N-ethyl adjacent to an activating group) is 1. The van der Waals surface area contributed by atoms with E-state index in [1.165, 1.54) is 57.1 Å². The Morgan fingerprint density at radius 3 is 2.25 bits per heavy atom. The number of ether oxygens (including phenoxy) is 4. The summed E-state index contributed by atoms with van der Waals surface area (Å²) in [6, 6.07) is 11.3. The molecule has 2 N–H and O–H groups in total. The largest absolute Gasteiger partial charge is 0.490 e. The van der Waals surface area contributed by atoms with Crippen molar-refractivity contribution in [1.82, 2.24) is 4.90 Å². The normalized spacial score (nSPS) is 22.7. The Labute approximate surface area is 380 Å². The quantitative estimate of drug-likeness (QED) is 0.0334. The average Bonchev–Trinajstić information content (AvgIpc) is 3.30. The molecule has 1 heterocycles. The smallest absolute Gasteiger partial charge is 0.409 e. The minimum atomic E-state index is -1.41. The zero-order valence-electron chi connectivity index (χ0n) is 38.3. The Hall–Kier alpha value is -4.72. The molecule has 13 nitrogen and oxygen atoms in total. The van der Waals surface area contributed by atoms with Gasteiger partial charge in [-0.1, -0.05) is 108 Å². The number of nitro groups is 1. The average molecular weight is 888 g/mol. The molecule has 1 aliphatic heterocycles. The number of carbonyl (C=O) groups is 1. The van der Waals surface area contributed by atoms with Crippen LogP contribution < -0.4 is 9.47 Å². The number of non-ortho nitro benzene ring substituents is 1. The minimum absolute atomic E-state index is 0.0149. The summed E-state index contributed by atoms with van der Waals surface area (Å²) in [5, 5.41) is 35.9. The minimum Gasteiger partial charge on any atom is -0.490 e. The fourth-order valence-corrected chi connectivity index (χ4v) is 9.85. The second-order valence-corrected chi connectivity index (χ2v) is 17.5. The lowest BCUT2D eigenvalue weighted by molar-refractivity contribution is -0.384. The maximum Gasteiger partial charge on any atom is 0.409 e. The monoisotopic (exact) mass is 888 g/mol. The molecule has 1 fully saturated rings. The maximum absolute atomic E-state index is 14.2. The third-order valence-electron chi connectivity index (χ3n) is 13.0. The Morgan fingerprint density at radius 1 is 0.922 bits per heavy atom. The number of aliphatic hydroxyl groups is 2. The van der Waals surface area contributed by atoms with E-state index in [-0.39, 0.29) is 56.3 Å². The molecule has 6 atom stereocenters. The first kappa shape index (κ1) is 50.3. The fourth-order valence-electron chi connectivity index (χ4n) is 9.85. The second-order valence-electron chi connectivity index (χ2n) is 17.5. The number of oxime groups is 1. The summed E-state index contributed by atoms with van der Waals surface area (Å²) in [5.74, 6) is -0.692. The van der Waals surface area contributed by atoms with E-state index in [4.69, 9.17) is 28.9 Å². The number of carbonyl (C=O) groups excluding carboxylic acids is 1. The number of aliphatic hydroxyl groups excluding tert-OH is 2. The van der Waals surface area contributed by atoms with Gasteiger partial charge in [-0.2, -0.15) is 0 Å². The molecule has 0 bridgehead atoms. The van der Waals surface area contributed by atoms with E-state index >= 15 is 0 Å². The van der Waals surface area contributed by atoms with Gasteiger partial charge in [-0.25, -0.2) is 4.79 Å². The van der Waals surface area contributed by atoms with Gasteiger partial charge < -0.3 is 38.9 Å². The summed E-state index contributed by atoms with van der Waals surface area (Å²) in [7, 11) is 1.73. The van der Waals surface area contributed by atoms with Crippen molar-refractivity contribution >= 4 is 17.5 Å². The lowest BCUT2D eigenvalue weighted by Gasteiger charge is -2.59. The van der Waals surface area contributed by atoms with Crippen LogP contribution in [-0.2, 0) is 20.9 Å². The topological polar surface area (TPSA) is 162 Å². The third-order valence-corrected chi connectivity index (χ3v) is 13.0. The molecular weight excluding hydrogens is 815 g/mol. The Morgan fingerprint density at radius 2 is 1.59 bits per heavy atom. The Kier molecular flexibility index (Phi) is 20.7. The Bertz CT molecular complexity index is 1850. The summed E-state index contributed by atoms with van der Waals surface area (Å²) in [6.45, 7) is 11.1. The fraction of sp³-hybridized carbons (Fsp3) is 0.608. The molecule has 2 aromatic rings. The molecule has 1 amide bonds. The lowest BCUT2D eigenvalue weighted by atomic mass is 9.55. The number of unbranched alkanes of at least 4 members (excludes halogenated alkanes) is 11. The first-order chi connectivity index (χ1) is 31.2. The number of hydrogen-bond donors (Lipinski definition) is 2. The van der Waals surface area contributed by atoms with Crippen LogP contribution in [0.1, 0.15) is 133 Å². The van der Waals surface area contributed by atoms with E-state index in [0.717, 1.165) is 56.1 Å². The lowest BCUT2D eigenvalue weighted by Crippen LogP contribution is -2.69. The zero-order chi connectivity index (χ0) is 45.7. The molecule has 5 rings (SSSR count). The van der Waals surface area contributed by atoms with Crippen molar-refractivity contribution in [2.75, 3.05) is 40.1 Å². The van der Waals surface area contributed by atoms with Crippen LogP contribution in [0, 0.1) is 27.9 Å². The number of benzene rings is 2. The van der Waals surface area contributed by atoms with Crippen molar-refractivity contribution in [2.24, 2.45) is 22.9 Å². The molecule has 0 saturated heterocycles. The van der Waals surface area contributed by atoms with Gasteiger partial charge in [0, 0.05) is 50.3 Å². The van der Waals surface area contributed by atoms with Crippen molar-refractivity contribution in [1.29, 1.82) is 0 Å². The van der Waals surface area contributed by atoms with E-state index in [1.807, 2.05) is 18.2 Å². The van der Waals surface area contributed by atoms with Crippen LogP contribution in [0.3, 0.4) is 0 Å². The molecule has 0 spiro atoms.